The Kier molecular flexibility index (Phi) is 4.66. The third kappa shape index (κ3) is 4.14. The number of nitrogens with one attached hydrogen (secondary N) is 1. The Bertz CT molecular complexity index is 922. The highest BCUT2D eigenvalue weighted by Gasteiger charge is 2.11. The monoisotopic (exact) mass is 333 g/mol. The highest BCUT2D eigenvalue weighted by Crippen LogP contribution is 2.25. The SMILES string of the molecule is Cc1cccc(Oc2cccc(NC(=O)c3ccc(C)nc3N)c2)c1. The maximum absolute atomic E-state index is 12.4. The molecule has 0 radical (unpaired) electrons. The summed E-state index contributed by atoms with van der Waals surface area (Å²) in [6.45, 7) is 3.83. The van der Waals surface area contributed by atoms with Crippen LogP contribution in [-0.4, -0.2) is 10.9 Å². The van der Waals surface area contributed by atoms with Crippen LogP contribution in [-0.2, 0) is 0 Å². The molecule has 0 atom stereocenters. The Hall–Kier alpha value is -3.34. The molecule has 126 valence electrons. The fourth-order valence-electron chi connectivity index (χ4n) is 2.42. The number of carbonyl (C=O) groups excluding carboxylic acids is 1. The number of pyridine rings is 1. The van der Waals surface area contributed by atoms with Crippen molar-refractivity contribution in [2.24, 2.45) is 0 Å². The molecule has 0 unspecified atom stereocenters. The molecule has 0 bridgehead atoms. The van der Waals surface area contributed by atoms with Gasteiger partial charge in [0.2, 0.25) is 0 Å². The van der Waals surface area contributed by atoms with Crippen molar-refractivity contribution in [3.63, 3.8) is 0 Å². The zero-order chi connectivity index (χ0) is 17.8. The van der Waals surface area contributed by atoms with Gasteiger partial charge in [-0.3, -0.25) is 4.79 Å². The van der Waals surface area contributed by atoms with Gasteiger partial charge in [-0.1, -0.05) is 18.2 Å². The second-order valence-electron chi connectivity index (χ2n) is 5.79. The summed E-state index contributed by atoms with van der Waals surface area (Å²) in [5.41, 5.74) is 8.67. The lowest BCUT2D eigenvalue weighted by atomic mass is 10.2. The Labute approximate surface area is 146 Å². The van der Waals surface area contributed by atoms with Crippen LogP contribution in [0, 0.1) is 13.8 Å². The van der Waals surface area contributed by atoms with Crippen molar-refractivity contribution >= 4 is 17.4 Å². The van der Waals surface area contributed by atoms with E-state index in [9.17, 15) is 4.79 Å². The summed E-state index contributed by atoms with van der Waals surface area (Å²) < 4.78 is 5.84. The lowest BCUT2D eigenvalue weighted by Crippen LogP contribution is -2.15. The van der Waals surface area contributed by atoms with Crippen LogP contribution in [0.5, 0.6) is 11.5 Å². The van der Waals surface area contributed by atoms with E-state index in [0.717, 1.165) is 17.0 Å². The first-order chi connectivity index (χ1) is 12.0. The first-order valence-electron chi connectivity index (χ1n) is 7.90. The number of carbonyl (C=O) groups is 1. The number of nitrogens with zero attached hydrogens (tertiary/aromatic N) is 1. The van der Waals surface area contributed by atoms with Gasteiger partial charge in [0.25, 0.3) is 5.91 Å². The number of benzene rings is 2. The number of aryl methyl sites for hydroxylation is 2. The number of aromatic nitrogens is 1. The van der Waals surface area contributed by atoms with Gasteiger partial charge in [0.1, 0.15) is 17.3 Å². The number of amides is 1. The van der Waals surface area contributed by atoms with E-state index in [-0.39, 0.29) is 11.7 Å². The molecule has 1 heterocycles. The number of hydrogen-bond acceptors (Lipinski definition) is 4. The third-order valence-corrected chi connectivity index (χ3v) is 3.63. The minimum Gasteiger partial charge on any atom is -0.457 e. The summed E-state index contributed by atoms with van der Waals surface area (Å²) in [5.74, 6) is 1.29. The summed E-state index contributed by atoms with van der Waals surface area (Å²) in [6, 6.07) is 18.4. The molecule has 0 spiro atoms. The van der Waals surface area contributed by atoms with Crippen molar-refractivity contribution in [2.75, 3.05) is 11.1 Å². The highest BCUT2D eigenvalue weighted by molar-refractivity contribution is 6.07. The van der Waals surface area contributed by atoms with Gasteiger partial charge in [-0.25, -0.2) is 4.98 Å². The molecule has 0 aliphatic heterocycles. The topological polar surface area (TPSA) is 77.2 Å². The maximum Gasteiger partial charge on any atom is 0.259 e. The van der Waals surface area contributed by atoms with Gasteiger partial charge in [-0.05, 0) is 55.8 Å². The maximum atomic E-state index is 12.4. The summed E-state index contributed by atoms with van der Waals surface area (Å²) >= 11 is 0. The molecule has 0 aliphatic carbocycles. The predicted octanol–water partition coefficient (Wildman–Crippen LogP) is 4.33. The molecule has 5 nitrogen and oxygen atoms in total. The van der Waals surface area contributed by atoms with Gasteiger partial charge in [0.15, 0.2) is 0 Å². The van der Waals surface area contributed by atoms with Crippen molar-refractivity contribution in [2.45, 2.75) is 13.8 Å². The lowest BCUT2D eigenvalue weighted by molar-refractivity contribution is 0.102. The van der Waals surface area contributed by atoms with Gasteiger partial charge >= 0.3 is 0 Å². The van der Waals surface area contributed by atoms with Gasteiger partial charge in [-0.15, -0.1) is 0 Å². The first-order valence-corrected chi connectivity index (χ1v) is 7.90. The molecule has 0 fully saturated rings. The minimum absolute atomic E-state index is 0.213. The Morgan fingerprint density at radius 3 is 2.44 bits per heavy atom. The Balaban J connectivity index is 1.76. The van der Waals surface area contributed by atoms with E-state index in [1.807, 2.05) is 50.2 Å². The van der Waals surface area contributed by atoms with E-state index in [2.05, 4.69) is 10.3 Å². The first kappa shape index (κ1) is 16.5. The third-order valence-electron chi connectivity index (χ3n) is 3.63. The van der Waals surface area contributed by atoms with E-state index < -0.39 is 0 Å². The zero-order valence-corrected chi connectivity index (χ0v) is 14.1. The summed E-state index contributed by atoms with van der Waals surface area (Å²) in [4.78, 5) is 16.5. The highest BCUT2D eigenvalue weighted by atomic mass is 16.5. The van der Waals surface area contributed by atoms with E-state index in [1.54, 1.807) is 24.3 Å². The molecule has 0 saturated heterocycles. The molecule has 0 saturated carbocycles. The van der Waals surface area contributed by atoms with Gasteiger partial charge < -0.3 is 15.8 Å². The summed E-state index contributed by atoms with van der Waals surface area (Å²) in [5, 5.41) is 2.82. The second kappa shape index (κ2) is 7.05. The van der Waals surface area contributed by atoms with Gasteiger partial charge in [0.05, 0.1) is 5.56 Å². The van der Waals surface area contributed by atoms with Crippen LogP contribution in [0.3, 0.4) is 0 Å². The molecule has 25 heavy (non-hydrogen) atoms. The second-order valence-corrected chi connectivity index (χ2v) is 5.79. The normalized spacial score (nSPS) is 10.3. The van der Waals surface area contributed by atoms with Crippen molar-refractivity contribution < 1.29 is 9.53 Å². The number of anilines is 2. The molecular weight excluding hydrogens is 314 g/mol. The van der Waals surface area contributed by atoms with Crippen LogP contribution >= 0.6 is 0 Å². The van der Waals surface area contributed by atoms with Crippen LogP contribution in [0.15, 0.2) is 60.7 Å². The molecule has 2 aromatic carbocycles. The molecule has 5 heteroatoms. The number of nitrogen functional groups attached to an aromatic ring is 1. The average molecular weight is 333 g/mol. The predicted molar refractivity (Wildman–Crippen MR) is 99.0 cm³/mol. The molecule has 0 aliphatic rings. The fourth-order valence-corrected chi connectivity index (χ4v) is 2.42. The molecule has 3 aromatic rings. The Morgan fingerprint density at radius 2 is 1.72 bits per heavy atom. The van der Waals surface area contributed by atoms with Crippen LogP contribution in [0.1, 0.15) is 21.6 Å². The van der Waals surface area contributed by atoms with Crippen molar-refractivity contribution in [1.82, 2.24) is 4.98 Å². The van der Waals surface area contributed by atoms with Crippen molar-refractivity contribution in [3.05, 3.63) is 77.5 Å². The standard InChI is InChI=1S/C20H19N3O2/c1-13-5-3-7-16(11-13)25-17-8-4-6-15(12-17)23-20(24)18-10-9-14(2)22-19(18)21/h3-12H,1-2H3,(H2,21,22)(H,23,24). The van der Waals surface area contributed by atoms with Gasteiger partial charge in [0, 0.05) is 17.4 Å². The van der Waals surface area contributed by atoms with E-state index in [0.29, 0.717) is 17.0 Å². The van der Waals surface area contributed by atoms with E-state index in [4.69, 9.17) is 10.5 Å². The smallest absolute Gasteiger partial charge is 0.259 e. The molecule has 3 rings (SSSR count). The summed E-state index contributed by atoms with van der Waals surface area (Å²) in [6.07, 6.45) is 0. The molecular formula is C20H19N3O2. The number of hydrogen-bond donors (Lipinski definition) is 2. The number of rotatable bonds is 4. The van der Waals surface area contributed by atoms with Crippen LogP contribution in [0.2, 0.25) is 0 Å². The Morgan fingerprint density at radius 1 is 1.00 bits per heavy atom. The van der Waals surface area contributed by atoms with Crippen molar-refractivity contribution in [1.29, 1.82) is 0 Å². The minimum atomic E-state index is -0.308. The molecule has 3 N–H and O–H groups in total. The summed E-state index contributed by atoms with van der Waals surface area (Å²) in [7, 11) is 0. The zero-order valence-electron chi connectivity index (χ0n) is 14.1. The number of ether oxygens (including phenoxy) is 1. The molecule has 1 aromatic heterocycles. The largest absolute Gasteiger partial charge is 0.457 e. The average Bonchev–Trinajstić information content (AvgIpc) is 2.55. The quantitative estimate of drug-likeness (QED) is 0.745. The van der Waals surface area contributed by atoms with Crippen LogP contribution in [0.4, 0.5) is 11.5 Å². The fraction of sp³-hybridized carbons (Fsp3) is 0.100. The van der Waals surface area contributed by atoms with Crippen LogP contribution < -0.4 is 15.8 Å². The molecule has 1 amide bonds. The van der Waals surface area contributed by atoms with Gasteiger partial charge in [-0.2, -0.15) is 0 Å². The lowest BCUT2D eigenvalue weighted by Gasteiger charge is -2.10. The van der Waals surface area contributed by atoms with Crippen LogP contribution in [0.25, 0.3) is 0 Å². The van der Waals surface area contributed by atoms with Crippen molar-refractivity contribution in [3.8, 4) is 11.5 Å². The van der Waals surface area contributed by atoms with E-state index >= 15 is 0 Å². The number of nitrogens with two attached hydrogens (primary N) is 1. The van der Waals surface area contributed by atoms with E-state index in [1.165, 1.54) is 0 Å².